The van der Waals surface area contributed by atoms with E-state index in [-0.39, 0.29) is 23.7 Å². The number of carbonyl (C=O) groups is 2. The number of amides is 3. The Bertz CT molecular complexity index is 1010. The number of benzene rings is 1. The molecule has 172 valence electrons. The first-order valence-corrected chi connectivity index (χ1v) is 12.1. The second-order valence-corrected chi connectivity index (χ2v) is 11.0. The number of rotatable bonds is 4. The number of aryl methyl sites for hydroxylation is 1. The Morgan fingerprint density at radius 2 is 2.00 bits per heavy atom. The van der Waals surface area contributed by atoms with Crippen LogP contribution in [0.15, 0.2) is 18.2 Å². The number of hydrogen-bond donors (Lipinski definition) is 3. The number of imide groups is 1. The van der Waals surface area contributed by atoms with E-state index in [0.717, 1.165) is 36.6 Å². The highest BCUT2D eigenvalue weighted by Crippen LogP contribution is 2.66. The molecule has 3 N–H and O–H groups in total. The van der Waals surface area contributed by atoms with Crippen LogP contribution >= 0.6 is 0 Å². The quantitative estimate of drug-likeness (QED) is 0.626. The standard InChI is InChI=1S/C25H33N3O4/c1-3-28-22(31)26-21(30)24(28)8-9-25(32)20-17(13-27(20)12-16-5-6-16)11-23(25,14-24)19-10-18(29)7-4-15(19)2/h4,7,10,16-17,20,29,32H,3,5-6,8-9,11-14H2,1-2H3,(H,26,30,31). The number of urea groups is 1. The SMILES string of the molecule is CCN1C(=O)NC(=O)C12CCC1(O)C3C(CN3CC3CC3)CC1(c1cc(O)ccc1C)C2. The van der Waals surface area contributed by atoms with E-state index in [9.17, 15) is 19.8 Å². The van der Waals surface area contributed by atoms with Crippen molar-refractivity contribution >= 4 is 11.9 Å². The van der Waals surface area contributed by atoms with Gasteiger partial charge < -0.3 is 15.1 Å². The zero-order valence-corrected chi connectivity index (χ0v) is 18.9. The van der Waals surface area contributed by atoms with Crippen molar-refractivity contribution in [2.24, 2.45) is 11.8 Å². The van der Waals surface area contributed by atoms with Crippen LogP contribution in [-0.2, 0) is 10.2 Å². The molecule has 2 aliphatic heterocycles. The molecule has 7 nitrogen and oxygen atoms in total. The Labute approximate surface area is 188 Å². The lowest BCUT2D eigenvalue weighted by Crippen LogP contribution is -2.70. The Hall–Kier alpha value is -2.12. The molecular formula is C25H33N3O4. The van der Waals surface area contributed by atoms with Gasteiger partial charge >= 0.3 is 6.03 Å². The fourth-order valence-corrected chi connectivity index (χ4v) is 7.90. The molecule has 7 heteroatoms. The highest BCUT2D eigenvalue weighted by Gasteiger charge is 2.74. The van der Waals surface area contributed by atoms with Gasteiger partial charge in [-0.05, 0) is 87.5 Å². The fourth-order valence-electron chi connectivity index (χ4n) is 7.90. The van der Waals surface area contributed by atoms with Gasteiger partial charge in [0.05, 0.1) is 5.60 Å². The summed E-state index contributed by atoms with van der Waals surface area (Å²) in [4.78, 5) is 30.0. The molecule has 0 bridgehead atoms. The zero-order valence-electron chi connectivity index (χ0n) is 18.9. The number of fused-ring (bicyclic) bond motifs is 3. The first kappa shape index (κ1) is 20.5. The molecule has 2 saturated heterocycles. The summed E-state index contributed by atoms with van der Waals surface area (Å²) in [7, 11) is 0. The van der Waals surface area contributed by atoms with Crippen LogP contribution < -0.4 is 5.32 Å². The van der Waals surface area contributed by atoms with E-state index >= 15 is 0 Å². The lowest BCUT2D eigenvalue weighted by molar-refractivity contribution is -0.156. The minimum absolute atomic E-state index is 0.0810. The Kier molecular flexibility index (Phi) is 4.14. The zero-order chi connectivity index (χ0) is 22.5. The number of aliphatic hydroxyl groups is 1. The number of hydrogen-bond acceptors (Lipinski definition) is 5. The van der Waals surface area contributed by atoms with Crippen LogP contribution in [0.2, 0.25) is 0 Å². The molecule has 32 heavy (non-hydrogen) atoms. The van der Waals surface area contributed by atoms with Crippen molar-refractivity contribution in [2.45, 2.75) is 75.0 Å². The van der Waals surface area contributed by atoms with Gasteiger partial charge in [-0.2, -0.15) is 0 Å². The molecule has 5 atom stereocenters. The maximum Gasteiger partial charge on any atom is 0.325 e. The summed E-state index contributed by atoms with van der Waals surface area (Å²) >= 11 is 0. The van der Waals surface area contributed by atoms with Crippen molar-refractivity contribution in [1.29, 1.82) is 0 Å². The van der Waals surface area contributed by atoms with Gasteiger partial charge in [-0.1, -0.05) is 6.07 Å². The van der Waals surface area contributed by atoms with Crippen molar-refractivity contribution in [1.82, 2.24) is 15.1 Å². The monoisotopic (exact) mass is 439 g/mol. The van der Waals surface area contributed by atoms with Crippen LogP contribution in [-0.4, -0.2) is 68.8 Å². The fraction of sp³-hybridized carbons (Fsp3) is 0.680. The third-order valence-corrected chi connectivity index (χ3v) is 9.40. The normalized spacial score (nSPS) is 40.9. The van der Waals surface area contributed by atoms with Gasteiger partial charge in [-0.15, -0.1) is 0 Å². The second kappa shape index (κ2) is 6.48. The number of phenolic OH excluding ortho intramolecular Hbond substituents is 1. The van der Waals surface area contributed by atoms with Crippen molar-refractivity contribution in [3.63, 3.8) is 0 Å². The second-order valence-electron chi connectivity index (χ2n) is 11.0. The van der Waals surface area contributed by atoms with Crippen molar-refractivity contribution in [3.8, 4) is 5.75 Å². The molecule has 3 saturated carbocycles. The van der Waals surface area contributed by atoms with Gasteiger partial charge in [-0.25, -0.2) is 4.79 Å². The predicted molar refractivity (Wildman–Crippen MR) is 118 cm³/mol. The van der Waals surface area contributed by atoms with Crippen molar-refractivity contribution in [3.05, 3.63) is 29.3 Å². The van der Waals surface area contributed by atoms with E-state index in [4.69, 9.17) is 0 Å². The van der Waals surface area contributed by atoms with Crippen molar-refractivity contribution in [2.75, 3.05) is 19.6 Å². The highest BCUT2D eigenvalue weighted by molar-refractivity contribution is 6.07. The molecule has 2 heterocycles. The molecule has 0 radical (unpaired) electrons. The summed E-state index contributed by atoms with van der Waals surface area (Å²) in [5, 5.41) is 25.5. The molecule has 1 aromatic carbocycles. The molecular weight excluding hydrogens is 406 g/mol. The Morgan fingerprint density at radius 1 is 1.22 bits per heavy atom. The number of phenols is 1. The van der Waals surface area contributed by atoms with Crippen LogP contribution in [0.25, 0.3) is 0 Å². The minimum Gasteiger partial charge on any atom is -0.508 e. The first-order valence-electron chi connectivity index (χ1n) is 12.1. The number of likely N-dealkylation sites (tertiary alicyclic amines) is 1. The Balaban J connectivity index is 1.49. The third-order valence-electron chi connectivity index (χ3n) is 9.40. The summed E-state index contributed by atoms with van der Waals surface area (Å²) in [6.45, 7) is 6.40. The lowest BCUT2D eigenvalue weighted by Gasteiger charge is -2.58. The van der Waals surface area contributed by atoms with E-state index in [0.29, 0.717) is 31.7 Å². The molecule has 6 rings (SSSR count). The summed E-state index contributed by atoms with van der Waals surface area (Å²) in [6, 6.07) is 5.13. The van der Waals surface area contributed by atoms with Gasteiger partial charge in [0, 0.05) is 31.1 Å². The smallest absolute Gasteiger partial charge is 0.325 e. The van der Waals surface area contributed by atoms with Crippen LogP contribution in [0.4, 0.5) is 4.79 Å². The van der Waals surface area contributed by atoms with Crippen LogP contribution in [0.3, 0.4) is 0 Å². The van der Waals surface area contributed by atoms with E-state index in [1.165, 1.54) is 12.8 Å². The highest BCUT2D eigenvalue weighted by atomic mass is 16.3. The van der Waals surface area contributed by atoms with Crippen LogP contribution in [0.1, 0.15) is 56.6 Å². The van der Waals surface area contributed by atoms with Gasteiger partial charge in [0.2, 0.25) is 0 Å². The van der Waals surface area contributed by atoms with Crippen molar-refractivity contribution < 1.29 is 19.8 Å². The molecule has 3 aliphatic carbocycles. The predicted octanol–water partition coefficient (Wildman–Crippen LogP) is 2.28. The Morgan fingerprint density at radius 3 is 2.72 bits per heavy atom. The van der Waals surface area contributed by atoms with Crippen LogP contribution in [0, 0.1) is 18.8 Å². The molecule has 3 amide bonds. The van der Waals surface area contributed by atoms with E-state index in [1.807, 2.05) is 19.9 Å². The number of likely N-dealkylation sites (N-methyl/N-ethyl adjacent to an activating group) is 1. The lowest BCUT2D eigenvalue weighted by atomic mass is 9.54. The third kappa shape index (κ3) is 2.44. The van der Waals surface area contributed by atoms with Gasteiger partial charge in [-0.3, -0.25) is 15.0 Å². The topological polar surface area (TPSA) is 93.1 Å². The number of nitrogens with zero attached hydrogens (tertiary/aromatic N) is 2. The molecule has 0 aromatic heterocycles. The minimum atomic E-state index is -0.986. The summed E-state index contributed by atoms with van der Waals surface area (Å²) in [5.41, 5.74) is -0.665. The summed E-state index contributed by atoms with van der Waals surface area (Å²) in [6.07, 6.45) is 4.67. The average molecular weight is 440 g/mol. The van der Waals surface area contributed by atoms with Gasteiger partial charge in [0.1, 0.15) is 11.3 Å². The molecule has 5 aliphatic rings. The molecule has 5 fully saturated rings. The van der Waals surface area contributed by atoms with Crippen LogP contribution in [0.5, 0.6) is 5.75 Å². The molecule has 1 aromatic rings. The van der Waals surface area contributed by atoms with E-state index in [1.54, 1.807) is 17.0 Å². The number of carbonyl (C=O) groups excluding carboxylic acids is 2. The number of aromatic hydroxyl groups is 1. The first-order chi connectivity index (χ1) is 15.2. The molecule has 1 spiro atoms. The molecule has 5 unspecified atom stereocenters. The summed E-state index contributed by atoms with van der Waals surface area (Å²) < 4.78 is 0. The van der Waals surface area contributed by atoms with Gasteiger partial charge in [0.25, 0.3) is 5.91 Å². The summed E-state index contributed by atoms with van der Waals surface area (Å²) in [5.74, 6) is 1.06. The maximum absolute atomic E-state index is 13.2. The maximum atomic E-state index is 13.2. The van der Waals surface area contributed by atoms with E-state index < -0.39 is 16.6 Å². The average Bonchev–Trinajstić information content (AvgIpc) is 3.48. The number of nitrogens with one attached hydrogen (secondary N) is 1. The van der Waals surface area contributed by atoms with Gasteiger partial charge in [0.15, 0.2) is 0 Å². The largest absolute Gasteiger partial charge is 0.508 e. The van der Waals surface area contributed by atoms with E-state index in [2.05, 4.69) is 10.2 Å².